The number of ether oxygens (including phenoxy) is 1. The van der Waals surface area contributed by atoms with Crippen molar-refractivity contribution in [1.29, 1.82) is 0 Å². The predicted octanol–water partition coefficient (Wildman–Crippen LogP) is 2.15. The van der Waals surface area contributed by atoms with Crippen LogP contribution < -0.4 is 10.9 Å². The Morgan fingerprint density at radius 1 is 1.39 bits per heavy atom. The number of carbonyl (C=O) groups is 1. The lowest BCUT2D eigenvalue weighted by Crippen LogP contribution is -2.33. The van der Waals surface area contributed by atoms with Crippen molar-refractivity contribution in [3.63, 3.8) is 0 Å². The lowest BCUT2D eigenvalue weighted by atomic mass is 10.2. The van der Waals surface area contributed by atoms with E-state index in [4.69, 9.17) is 16.3 Å². The van der Waals surface area contributed by atoms with Gasteiger partial charge in [0.2, 0.25) is 5.91 Å². The molecule has 2 N–H and O–H groups in total. The van der Waals surface area contributed by atoms with Gasteiger partial charge in [0, 0.05) is 18.2 Å². The Morgan fingerprint density at radius 3 is 2.96 bits per heavy atom. The van der Waals surface area contributed by atoms with Gasteiger partial charge in [-0.15, -0.1) is 0 Å². The molecule has 3 heterocycles. The average molecular weight is 420 g/mol. The Labute approximate surface area is 169 Å². The molecular formula is C18H18ClN5O3S. The highest BCUT2D eigenvalue weighted by Crippen LogP contribution is 2.19. The van der Waals surface area contributed by atoms with Gasteiger partial charge in [0.15, 0.2) is 10.8 Å². The number of H-pyrrole nitrogens is 1. The van der Waals surface area contributed by atoms with Gasteiger partial charge in [-0.3, -0.25) is 9.59 Å². The molecule has 0 unspecified atom stereocenters. The third-order valence-corrected chi connectivity index (χ3v) is 5.50. The summed E-state index contributed by atoms with van der Waals surface area (Å²) in [5.41, 5.74) is 0.864. The lowest BCUT2D eigenvalue weighted by Gasteiger charge is -2.10. The number of nitrogens with one attached hydrogen (secondary N) is 2. The van der Waals surface area contributed by atoms with Gasteiger partial charge in [-0.1, -0.05) is 23.4 Å². The zero-order valence-corrected chi connectivity index (χ0v) is 16.4. The molecule has 0 bridgehead atoms. The third-order valence-electron chi connectivity index (χ3n) is 4.38. The molecule has 8 nitrogen and oxygen atoms in total. The summed E-state index contributed by atoms with van der Waals surface area (Å²) in [5, 5.41) is 8.45. The molecule has 1 fully saturated rings. The van der Waals surface area contributed by atoms with E-state index in [1.54, 1.807) is 28.9 Å². The molecular weight excluding hydrogens is 402 g/mol. The lowest BCUT2D eigenvalue weighted by molar-refractivity contribution is -0.119. The Bertz CT molecular complexity index is 1040. The smallest absolute Gasteiger partial charge is 0.262 e. The number of rotatable bonds is 6. The summed E-state index contributed by atoms with van der Waals surface area (Å²) in [7, 11) is 0. The summed E-state index contributed by atoms with van der Waals surface area (Å²) >= 11 is 7.10. The van der Waals surface area contributed by atoms with Gasteiger partial charge >= 0.3 is 0 Å². The average Bonchev–Trinajstić information content (AvgIpc) is 3.35. The fourth-order valence-electron chi connectivity index (χ4n) is 2.96. The summed E-state index contributed by atoms with van der Waals surface area (Å²) in [6.45, 7) is 1.26. The Morgan fingerprint density at radius 2 is 2.21 bits per heavy atom. The number of nitrogens with zero attached hydrogens (tertiary/aromatic N) is 3. The second-order valence-electron chi connectivity index (χ2n) is 6.37. The van der Waals surface area contributed by atoms with Crippen molar-refractivity contribution < 1.29 is 9.53 Å². The maximum atomic E-state index is 12.3. The first-order chi connectivity index (χ1) is 13.6. The molecule has 1 atom stereocenters. The highest BCUT2D eigenvalue weighted by molar-refractivity contribution is 7.99. The largest absolute Gasteiger partial charge is 0.376 e. The van der Waals surface area contributed by atoms with E-state index in [1.807, 2.05) is 0 Å². The molecule has 1 aliphatic rings. The monoisotopic (exact) mass is 419 g/mol. The second kappa shape index (κ2) is 8.34. The van der Waals surface area contributed by atoms with Gasteiger partial charge in [0.1, 0.15) is 5.39 Å². The standard InChI is InChI=1S/C18H18ClN5O3S/c19-11-3-5-12(6-4-11)24-16-14(9-21-24)17(26)23-18(22-16)28-10-15(25)20-8-13-2-1-7-27-13/h3-6,9,13H,1-2,7-8,10H2,(H,20,25)(H,22,23,26)/t13-/m0/s1. The van der Waals surface area contributed by atoms with E-state index in [0.717, 1.165) is 25.1 Å². The van der Waals surface area contributed by atoms with Crippen molar-refractivity contribution in [1.82, 2.24) is 25.1 Å². The van der Waals surface area contributed by atoms with E-state index in [-0.39, 0.29) is 23.3 Å². The number of carbonyl (C=O) groups excluding carboxylic acids is 1. The maximum absolute atomic E-state index is 12.3. The zero-order valence-electron chi connectivity index (χ0n) is 14.9. The van der Waals surface area contributed by atoms with Crippen LogP contribution in [0.25, 0.3) is 16.7 Å². The van der Waals surface area contributed by atoms with Crippen molar-refractivity contribution in [2.45, 2.75) is 24.1 Å². The minimum absolute atomic E-state index is 0.0944. The number of hydrogen-bond donors (Lipinski definition) is 2. The van der Waals surface area contributed by atoms with Crippen LogP contribution in [-0.4, -0.2) is 50.7 Å². The number of hydrogen-bond acceptors (Lipinski definition) is 6. The van der Waals surface area contributed by atoms with Gasteiger partial charge in [-0.25, -0.2) is 9.67 Å². The molecule has 1 amide bonds. The Balaban J connectivity index is 1.48. The normalized spacial score (nSPS) is 16.5. The first-order valence-corrected chi connectivity index (χ1v) is 10.2. The zero-order chi connectivity index (χ0) is 19.5. The van der Waals surface area contributed by atoms with E-state index < -0.39 is 0 Å². The first kappa shape index (κ1) is 19.0. The highest BCUT2D eigenvalue weighted by atomic mass is 35.5. The number of benzene rings is 1. The fraction of sp³-hybridized carbons (Fsp3) is 0.333. The predicted molar refractivity (Wildman–Crippen MR) is 107 cm³/mol. The van der Waals surface area contributed by atoms with Gasteiger partial charge in [0.05, 0.1) is 23.7 Å². The molecule has 2 aromatic heterocycles. The van der Waals surface area contributed by atoms with Crippen LogP contribution in [0.15, 0.2) is 40.4 Å². The van der Waals surface area contributed by atoms with Crippen LogP contribution >= 0.6 is 23.4 Å². The SMILES string of the molecule is O=C(CSc1nc2c(cnn2-c2ccc(Cl)cc2)c(=O)[nH]1)NC[C@@H]1CCCO1. The molecule has 4 rings (SSSR count). The summed E-state index contributed by atoms with van der Waals surface area (Å²) < 4.78 is 7.06. The minimum atomic E-state index is -0.299. The fourth-order valence-corrected chi connectivity index (χ4v) is 3.77. The van der Waals surface area contributed by atoms with Crippen LogP contribution in [-0.2, 0) is 9.53 Å². The maximum Gasteiger partial charge on any atom is 0.262 e. The number of aromatic nitrogens is 4. The third kappa shape index (κ3) is 4.21. The number of aromatic amines is 1. The number of fused-ring (bicyclic) bond motifs is 1. The topological polar surface area (TPSA) is 102 Å². The van der Waals surface area contributed by atoms with Gasteiger partial charge in [-0.05, 0) is 37.1 Å². The molecule has 1 aliphatic heterocycles. The van der Waals surface area contributed by atoms with Crippen molar-refractivity contribution >= 4 is 40.3 Å². The summed E-state index contributed by atoms with van der Waals surface area (Å²) in [4.78, 5) is 31.6. The Kier molecular flexibility index (Phi) is 5.65. The second-order valence-corrected chi connectivity index (χ2v) is 7.77. The molecule has 0 aliphatic carbocycles. The van der Waals surface area contributed by atoms with Crippen LogP contribution in [0.5, 0.6) is 0 Å². The van der Waals surface area contributed by atoms with Crippen LogP contribution in [0, 0.1) is 0 Å². The molecule has 146 valence electrons. The van der Waals surface area contributed by atoms with Crippen LogP contribution in [0.1, 0.15) is 12.8 Å². The van der Waals surface area contributed by atoms with Crippen LogP contribution in [0.2, 0.25) is 5.02 Å². The first-order valence-electron chi connectivity index (χ1n) is 8.85. The van der Waals surface area contributed by atoms with Gasteiger partial charge in [-0.2, -0.15) is 5.10 Å². The van der Waals surface area contributed by atoms with Crippen molar-refractivity contribution in [2.24, 2.45) is 0 Å². The van der Waals surface area contributed by atoms with Crippen molar-refractivity contribution in [3.8, 4) is 5.69 Å². The van der Waals surface area contributed by atoms with E-state index in [0.29, 0.717) is 27.8 Å². The van der Waals surface area contributed by atoms with Crippen molar-refractivity contribution in [2.75, 3.05) is 18.9 Å². The molecule has 3 aromatic rings. The van der Waals surface area contributed by atoms with E-state index in [2.05, 4.69) is 20.4 Å². The molecule has 0 spiro atoms. The quantitative estimate of drug-likeness (QED) is 0.469. The van der Waals surface area contributed by atoms with Crippen molar-refractivity contribution in [3.05, 3.63) is 45.8 Å². The van der Waals surface area contributed by atoms with E-state index in [9.17, 15) is 9.59 Å². The molecule has 0 saturated carbocycles. The Hall–Kier alpha value is -2.36. The summed E-state index contributed by atoms with van der Waals surface area (Å²) in [6, 6.07) is 7.07. The number of thioether (sulfide) groups is 1. The van der Waals surface area contributed by atoms with Gasteiger partial charge in [0.25, 0.3) is 5.56 Å². The molecule has 1 saturated heterocycles. The number of halogens is 1. The van der Waals surface area contributed by atoms with Crippen LogP contribution in [0.4, 0.5) is 0 Å². The summed E-state index contributed by atoms with van der Waals surface area (Å²) in [5.74, 6) is 0.0189. The molecule has 1 aromatic carbocycles. The summed E-state index contributed by atoms with van der Waals surface area (Å²) in [6.07, 6.45) is 3.56. The molecule has 28 heavy (non-hydrogen) atoms. The van der Waals surface area contributed by atoms with Gasteiger partial charge < -0.3 is 15.0 Å². The van der Waals surface area contributed by atoms with Crippen LogP contribution in [0.3, 0.4) is 0 Å². The van der Waals surface area contributed by atoms with E-state index >= 15 is 0 Å². The minimum Gasteiger partial charge on any atom is -0.376 e. The molecule has 10 heteroatoms. The molecule has 0 radical (unpaired) electrons. The van der Waals surface area contributed by atoms with E-state index in [1.165, 1.54) is 18.0 Å². The highest BCUT2D eigenvalue weighted by Gasteiger charge is 2.17. The number of amides is 1.